The summed E-state index contributed by atoms with van der Waals surface area (Å²) >= 11 is 0. The summed E-state index contributed by atoms with van der Waals surface area (Å²) in [5.41, 5.74) is 18.1. The SMILES string of the molecule is CCCCCCCCC1(CCCCCCCC)c2ccccc2-c2cccc(-c3c4ccccc4c(-c4cccc5c4C(CCCCCCCC)(CCCCCCCC)c4ccccc4-5)c4ccccc34)c21. The van der Waals surface area contributed by atoms with E-state index >= 15 is 0 Å². The molecule has 0 radical (unpaired) electrons. The van der Waals surface area contributed by atoms with E-state index in [9.17, 15) is 0 Å². The summed E-state index contributed by atoms with van der Waals surface area (Å²) in [6.07, 6.45) is 36.7. The Morgan fingerprint density at radius 1 is 0.236 bits per heavy atom. The van der Waals surface area contributed by atoms with Gasteiger partial charge in [-0.1, -0.05) is 315 Å². The summed E-state index contributed by atoms with van der Waals surface area (Å²) in [5.74, 6) is 0. The highest BCUT2D eigenvalue weighted by molar-refractivity contribution is 6.22. The molecule has 0 heterocycles. The van der Waals surface area contributed by atoms with Crippen LogP contribution in [-0.2, 0) is 10.8 Å². The zero-order valence-corrected chi connectivity index (χ0v) is 45.5. The Bertz CT molecular complexity index is 2550. The zero-order valence-electron chi connectivity index (χ0n) is 45.5. The van der Waals surface area contributed by atoms with Gasteiger partial charge in [0.1, 0.15) is 0 Å². The molecule has 7 aromatic carbocycles. The maximum Gasteiger partial charge on any atom is 0.0221 e. The van der Waals surface area contributed by atoms with Crippen LogP contribution in [0.15, 0.2) is 133 Å². The molecule has 0 atom stereocenters. The number of hydrogen-bond acceptors (Lipinski definition) is 0. The Morgan fingerprint density at radius 2 is 0.486 bits per heavy atom. The number of rotatable bonds is 30. The van der Waals surface area contributed by atoms with E-state index < -0.39 is 0 Å². The van der Waals surface area contributed by atoms with Crippen molar-refractivity contribution in [3.05, 3.63) is 156 Å². The summed E-state index contributed by atoms with van der Waals surface area (Å²) in [5, 5.41) is 5.59. The molecular weight excluding hydrogens is 865 g/mol. The highest BCUT2D eigenvalue weighted by Gasteiger charge is 2.46. The third-order valence-corrected chi connectivity index (χ3v) is 17.9. The van der Waals surface area contributed by atoms with Crippen molar-refractivity contribution < 1.29 is 0 Å². The summed E-state index contributed by atoms with van der Waals surface area (Å²) in [4.78, 5) is 0. The van der Waals surface area contributed by atoms with Crippen molar-refractivity contribution in [3.63, 3.8) is 0 Å². The van der Waals surface area contributed by atoms with Gasteiger partial charge in [0.15, 0.2) is 0 Å². The Balaban J connectivity index is 1.23. The first-order chi connectivity index (χ1) is 35.6. The first kappa shape index (κ1) is 51.9. The molecular formula is C72H90. The quantitative estimate of drug-likeness (QED) is 0.0311. The van der Waals surface area contributed by atoms with Gasteiger partial charge in [0.25, 0.3) is 0 Å². The lowest BCUT2D eigenvalue weighted by Crippen LogP contribution is -2.26. The molecule has 0 aliphatic heterocycles. The molecule has 7 aromatic rings. The second-order valence-corrected chi connectivity index (χ2v) is 22.6. The van der Waals surface area contributed by atoms with E-state index in [1.54, 1.807) is 22.3 Å². The molecule has 0 nitrogen and oxygen atoms in total. The second kappa shape index (κ2) is 25.3. The van der Waals surface area contributed by atoms with Crippen molar-refractivity contribution in [1.29, 1.82) is 0 Å². The number of unbranched alkanes of at least 4 members (excludes halogenated alkanes) is 20. The van der Waals surface area contributed by atoms with Crippen LogP contribution in [0.1, 0.15) is 230 Å². The summed E-state index contributed by atoms with van der Waals surface area (Å²) in [7, 11) is 0. The predicted molar refractivity (Wildman–Crippen MR) is 317 cm³/mol. The number of benzene rings is 7. The van der Waals surface area contributed by atoms with Gasteiger partial charge in [0.2, 0.25) is 0 Å². The third kappa shape index (κ3) is 10.6. The molecule has 0 saturated heterocycles. The molecule has 72 heavy (non-hydrogen) atoms. The average Bonchev–Trinajstić information content (AvgIpc) is 3.86. The Morgan fingerprint density at radius 3 is 0.806 bits per heavy atom. The molecule has 0 fully saturated rings. The Labute approximate surface area is 437 Å². The van der Waals surface area contributed by atoms with Gasteiger partial charge in [-0.25, -0.2) is 0 Å². The van der Waals surface area contributed by atoms with E-state index in [4.69, 9.17) is 0 Å². The van der Waals surface area contributed by atoms with Crippen molar-refractivity contribution in [1.82, 2.24) is 0 Å². The van der Waals surface area contributed by atoms with Gasteiger partial charge in [-0.3, -0.25) is 0 Å². The summed E-state index contributed by atoms with van der Waals surface area (Å²) in [6, 6.07) is 53.4. The first-order valence-electron chi connectivity index (χ1n) is 30.0. The second-order valence-electron chi connectivity index (χ2n) is 22.6. The van der Waals surface area contributed by atoms with Crippen LogP contribution in [0.25, 0.3) is 66.1 Å². The van der Waals surface area contributed by atoms with Crippen molar-refractivity contribution in [3.8, 4) is 44.5 Å². The fraction of sp³-hybridized carbons (Fsp3) is 0.472. The van der Waals surface area contributed by atoms with Crippen LogP contribution in [0.4, 0.5) is 0 Å². The van der Waals surface area contributed by atoms with E-state index in [0.29, 0.717) is 0 Å². The third-order valence-electron chi connectivity index (χ3n) is 17.9. The molecule has 0 aromatic heterocycles. The van der Waals surface area contributed by atoms with E-state index in [1.165, 1.54) is 246 Å². The van der Waals surface area contributed by atoms with Gasteiger partial charge in [-0.15, -0.1) is 0 Å². The van der Waals surface area contributed by atoms with Gasteiger partial charge in [0, 0.05) is 10.8 Å². The molecule has 0 spiro atoms. The van der Waals surface area contributed by atoms with E-state index in [1.807, 2.05) is 0 Å². The highest BCUT2D eigenvalue weighted by atomic mass is 14.5. The molecule has 2 aliphatic carbocycles. The van der Waals surface area contributed by atoms with Crippen LogP contribution in [-0.4, -0.2) is 0 Å². The largest absolute Gasteiger partial charge is 0.0654 e. The molecule has 378 valence electrons. The highest BCUT2D eigenvalue weighted by Crippen LogP contribution is 2.61. The van der Waals surface area contributed by atoms with Crippen molar-refractivity contribution >= 4 is 21.5 Å². The van der Waals surface area contributed by atoms with Gasteiger partial charge in [0.05, 0.1) is 0 Å². The molecule has 0 amide bonds. The molecule has 0 unspecified atom stereocenters. The Kier molecular flexibility index (Phi) is 18.3. The first-order valence-corrected chi connectivity index (χ1v) is 30.0. The van der Waals surface area contributed by atoms with E-state index in [2.05, 4.69) is 161 Å². The topological polar surface area (TPSA) is 0 Å². The van der Waals surface area contributed by atoms with Crippen molar-refractivity contribution in [2.75, 3.05) is 0 Å². The standard InChI is InChI=1S/C72H90/c1-5-9-13-17-21-33-51-71(52-34-22-18-14-10-6-2)65-49-31-29-39-55(65)61-45-37-47-63(69(61)71)67-57-41-25-27-43-59(57)68(60-44-28-26-42-58(60)67)64-48-38-46-62-56-40-30-32-50-66(56)72(70(62)64,53-35-23-19-15-11-7-3)54-36-24-20-16-12-8-4/h25-32,37-50H,5-24,33-36,51-54H2,1-4H3. The van der Waals surface area contributed by atoms with Gasteiger partial charge in [-0.2, -0.15) is 0 Å². The number of fused-ring (bicyclic) bond motifs is 8. The van der Waals surface area contributed by atoms with Crippen molar-refractivity contribution in [2.24, 2.45) is 0 Å². The number of hydrogen-bond donors (Lipinski definition) is 0. The van der Waals surface area contributed by atoms with Gasteiger partial charge < -0.3 is 0 Å². The monoisotopic (exact) mass is 955 g/mol. The lowest BCUT2D eigenvalue weighted by Gasteiger charge is -2.35. The van der Waals surface area contributed by atoms with Crippen LogP contribution >= 0.6 is 0 Å². The van der Waals surface area contributed by atoms with Crippen molar-refractivity contribution in [2.45, 2.75) is 218 Å². The molecule has 0 N–H and O–H groups in total. The van der Waals surface area contributed by atoms with E-state index in [0.717, 1.165) is 0 Å². The lowest BCUT2D eigenvalue weighted by atomic mass is 9.67. The maximum atomic E-state index is 2.54. The molecule has 9 rings (SSSR count). The molecule has 0 bridgehead atoms. The normalized spacial score (nSPS) is 13.9. The van der Waals surface area contributed by atoms with Crippen LogP contribution in [0.2, 0.25) is 0 Å². The lowest BCUT2D eigenvalue weighted by molar-refractivity contribution is 0.398. The smallest absolute Gasteiger partial charge is 0.0221 e. The minimum Gasteiger partial charge on any atom is -0.0654 e. The van der Waals surface area contributed by atoms with Gasteiger partial charge >= 0.3 is 0 Å². The minimum atomic E-state index is -0.0162. The fourth-order valence-corrected chi connectivity index (χ4v) is 14.4. The van der Waals surface area contributed by atoms with E-state index in [-0.39, 0.29) is 10.8 Å². The van der Waals surface area contributed by atoms with Crippen LogP contribution in [0.5, 0.6) is 0 Å². The van der Waals surface area contributed by atoms with Crippen LogP contribution < -0.4 is 0 Å². The molecule has 2 aliphatic rings. The fourth-order valence-electron chi connectivity index (χ4n) is 14.4. The van der Waals surface area contributed by atoms with Crippen LogP contribution in [0, 0.1) is 0 Å². The van der Waals surface area contributed by atoms with Crippen LogP contribution in [0.3, 0.4) is 0 Å². The maximum absolute atomic E-state index is 2.54. The summed E-state index contributed by atoms with van der Waals surface area (Å²) < 4.78 is 0. The predicted octanol–water partition coefficient (Wildman–Crippen LogP) is 22.9. The summed E-state index contributed by atoms with van der Waals surface area (Å²) in [6.45, 7) is 9.38. The Hall–Kier alpha value is -4.94. The zero-order chi connectivity index (χ0) is 49.6. The molecule has 0 heteroatoms. The minimum absolute atomic E-state index is 0.0162. The molecule has 0 saturated carbocycles. The average molecular weight is 956 g/mol. The van der Waals surface area contributed by atoms with Gasteiger partial charge in [-0.05, 0) is 114 Å².